The summed E-state index contributed by atoms with van der Waals surface area (Å²) in [5, 5.41) is 3.92. The van der Waals surface area contributed by atoms with Gasteiger partial charge in [-0.2, -0.15) is 4.37 Å². The lowest BCUT2D eigenvalue weighted by Gasteiger charge is -2.34. The number of aromatic nitrogens is 2. The van der Waals surface area contributed by atoms with Crippen molar-refractivity contribution in [2.75, 3.05) is 44.2 Å². The molecule has 2 heterocycles. The fraction of sp³-hybridized carbons (Fsp3) is 0.318. The van der Waals surface area contributed by atoms with Crippen LogP contribution in [0, 0.1) is 5.82 Å². The molecule has 1 fully saturated rings. The normalized spacial score (nSPS) is 14.6. The van der Waals surface area contributed by atoms with Crippen LogP contribution >= 0.6 is 27.5 Å². The lowest BCUT2D eigenvalue weighted by molar-refractivity contribution is 0.0947. The molecule has 0 bridgehead atoms. The maximum Gasteiger partial charge on any atom is 0.252 e. The summed E-state index contributed by atoms with van der Waals surface area (Å²) in [6, 6.07) is 13.9. The lowest BCUT2D eigenvalue weighted by Crippen LogP contribution is -2.48. The van der Waals surface area contributed by atoms with Crippen molar-refractivity contribution >= 4 is 38.5 Å². The number of carbonyl (C=O) groups is 1. The van der Waals surface area contributed by atoms with Crippen LogP contribution in [0.1, 0.15) is 21.7 Å². The first kappa shape index (κ1) is 21.9. The summed E-state index contributed by atoms with van der Waals surface area (Å²) >= 11 is 4.83. The minimum atomic E-state index is -0.235. The molecule has 0 spiro atoms. The van der Waals surface area contributed by atoms with Crippen molar-refractivity contribution < 1.29 is 9.18 Å². The van der Waals surface area contributed by atoms with Gasteiger partial charge in [-0.3, -0.25) is 9.69 Å². The van der Waals surface area contributed by atoms with E-state index in [9.17, 15) is 9.18 Å². The molecule has 0 unspecified atom stereocenters. The third-order valence-corrected chi connectivity index (χ3v) is 6.71. The van der Waals surface area contributed by atoms with Crippen LogP contribution in [-0.4, -0.2) is 59.4 Å². The summed E-state index contributed by atoms with van der Waals surface area (Å²) in [7, 11) is 0. The number of nitrogens with one attached hydrogen (secondary N) is 1. The van der Waals surface area contributed by atoms with E-state index in [1.165, 1.54) is 23.7 Å². The van der Waals surface area contributed by atoms with E-state index in [0.717, 1.165) is 53.7 Å². The van der Waals surface area contributed by atoms with Crippen molar-refractivity contribution in [3.63, 3.8) is 0 Å². The van der Waals surface area contributed by atoms with Gasteiger partial charge >= 0.3 is 0 Å². The molecule has 0 saturated carbocycles. The summed E-state index contributed by atoms with van der Waals surface area (Å²) in [5.74, 6) is 0.471. The molecule has 0 radical (unpaired) electrons. The quantitative estimate of drug-likeness (QED) is 0.533. The fourth-order valence-electron chi connectivity index (χ4n) is 3.46. The molecule has 9 heteroatoms. The van der Waals surface area contributed by atoms with E-state index in [1.54, 1.807) is 12.1 Å². The largest absolute Gasteiger partial charge is 0.351 e. The molecule has 1 saturated heterocycles. The van der Waals surface area contributed by atoms with E-state index in [4.69, 9.17) is 0 Å². The predicted octanol–water partition coefficient (Wildman–Crippen LogP) is 3.58. The smallest absolute Gasteiger partial charge is 0.252 e. The minimum absolute atomic E-state index is 0.0614. The third-order valence-electron chi connectivity index (χ3n) is 5.21. The van der Waals surface area contributed by atoms with E-state index in [0.29, 0.717) is 18.5 Å². The zero-order valence-electron chi connectivity index (χ0n) is 16.9. The molecule has 3 aromatic rings. The van der Waals surface area contributed by atoms with Crippen molar-refractivity contribution in [3.05, 3.63) is 75.8 Å². The van der Waals surface area contributed by atoms with Crippen LogP contribution in [-0.2, 0) is 6.42 Å². The Labute approximate surface area is 193 Å². The number of halogens is 2. The molecular weight excluding hydrogens is 481 g/mol. The highest BCUT2D eigenvalue weighted by Gasteiger charge is 2.20. The third kappa shape index (κ3) is 5.87. The van der Waals surface area contributed by atoms with Gasteiger partial charge in [-0.05, 0) is 45.8 Å². The van der Waals surface area contributed by atoms with E-state index < -0.39 is 0 Å². The van der Waals surface area contributed by atoms with E-state index in [1.807, 2.05) is 24.3 Å². The minimum Gasteiger partial charge on any atom is -0.351 e. The number of rotatable bonds is 7. The van der Waals surface area contributed by atoms with Crippen molar-refractivity contribution in [1.29, 1.82) is 0 Å². The molecule has 0 aliphatic carbocycles. The molecule has 1 N–H and O–H groups in total. The first-order chi connectivity index (χ1) is 15.1. The number of hydrogen-bond donors (Lipinski definition) is 1. The molecule has 1 aliphatic heterocycles. The summed E-state index contributed by atoms with van der Waals surface area (Å²) in [4.78, 5) is 21.6. The molecule has 1 aromatic heterocycles. The monoisotopic (exact) mass is 503 g/mol. The Bertz CT molecular complexity index is 1020. The highest BCUT2D eigenvalue weighted by atomic mass is 79.9. The first-order valence-corrected chi connectivity index (χ1v) is 11.7. The average molecular weight is 504 g/mol. The van der Waals surface area contributed by atoms with Gasteiger partial charge in [0, 0.05) is 61.7 Å². The zero-order chi connectivity index (χ0) is 21.6. The molecule has 2 aromatic carbocycles. The second kappa shape index (κ2) is 10.3. The molecular formula is C22H23BrFN5OS. The van der Waals surface area contributed by atoms with Gasteiger partial charge in [0.25, 0.3) is 5.91 Å². The van der Waals surface area contributed by atoms with Gasteiger partial charge in [-0.1, -0.05) is 24.3 Å². The fourth-order valence-corrected chi connectivity index (χ4v) is 4.66. The van der Waals surface area contributed by atoms with Gasteiger partial charge in [0.1, 0.15) is 11.6 Å². The maximum absolute atomic E-state index is 13.1. The van der Waals surface area contributed by atoms with E-state index in [2.05, 4.69) is 40.4 Å². The van der Waals surface area contributed by atoms with Crippen molar-refractivity contribution in [3.8, 4) is 0 Å². The summed E-state index contributed by atoms with van der Waals surface area (Å²) in [6.45, 7) is 5.01. The number of hydrogen-bond acceptors (Lipinski definition) is 6. The molecule has 1 aliphatic rings. The summed E-state index contributed by atoms with van der Waals surface area (Å²) < 4.78 is 18.3. The van der Waals surface area contributed by atoms with Crippen LogP contribution in [0.4, 0.5) is 9.52 Å². The molecule has 6 nitrogen and oxygen atoms in total. The molecule has 162 valence electrons. The van der Waals surface area contributed by atoms with Crippen LogP contribution in [0.15, 0.2) is 53.0 Å². The van der Waals surface area contributed by atoms with E-state index in [-0.39, 0.29) is 11.7 Å². The standard InChI is InChI=1S/C22H23BrFN5OS/c23-19-4-2-1-3-18(19)21(30)25-9-10-28-11-13-29(14-12-28)22-26-20(27-31-22)15-16-5-7-17(24)8-6-16/h1-8H,9-15H2,(H,25,30). The maximum atomic E-state index is 13.1. The molecule has 31 heavy (non-hydrogen) atoms. The molecule has 0 atom stereocenters. The van der Waals surface area contributed by atoms with Crippen molar-refractivity contribution in [2.45, 2.75) is 6.42 Å². The highest BCUT2D eigenvalue weighted by Crippen LogP contribution is 2.20. The number of carbonyl (C=O) groups excluding carboxylic acids is 1. The van der Waals surface area contributed by atoms with Crippen LogP contribution in [0.3, 0.4) is 0 Å². The second-order valence-corrected chi connectivity index (χ2v) is 8.95. The summed E-state index contributed by atoms with van der Waals surface area (Å²) in [5.41, 5.74) is 1.65. The predicted molar refractivity (Wildman–Crippen MR) is 124 cm³/mol. The number of anilines is 1. The molecule has 1 amide bonds. The Kier molecular flexibility index (Phi) is 7.26. The second-order valence-electron chi connectivity index (χ2n) is 7.36. The Balaban J connectivity index is 1.21. The van der Waals surface area contributed by atoms with Gasteiger partial charge in [0.05, 0.1) is 5.56 Å². The Morgan fingerprint density at radius 3 is 2.58 bits per heavy atom. The number of nitrogens with zero attached hydrogens (tertiary/aromatic N) is 4. The van der Waals surface area contributed by atoms with Gasteiger partial charge in [0.15, 0.2) is 0 Å². The van der Waals surface area contributed by atoms with Gasteiger partial charge in [0.2, 0.25) is 5.13 Å². The number of amides is 1. The first-order valence-electron chi connectivity index (χ1n) is 10.2. The summed E-state index contributed by atoms with van der Waals surface area (Å²) in [6.07, 6.45) is 0.605. The Morgan fingerprint density at radius 2 is 1.84 bits per heavy atom. The van der Waals surface area contributed by atoms with Gasteiger partial charge in [-0.25, -0.2) is 9.37 Å². The highest BCUT2D eigenvalue weighted by molar-refractivity contribution is 9.10. The topological polar surface area (TPSA) is 61.4 Å². The molecule has 4 rings (SSSR count). The van der Waals surface area contributed by atoms with Crippen LogP contribution in [0.5, 0.6) is 0 Å². The van der Waals surface area contributed by atoms with Crippen LogP contribution in [0.25, 0.3) is 0 Å². The Morgan fingerprint density at radius 1 is 1.10 bits per heavy atom. The van der Waals surface area contributed by atoms with E-state index >= 15 is 0 Å². The van der Waals surface area contributed by atoms with Gasteiger partial charge < -0.3 is 10.2 Å². The van der Waals surface area contributed by atoms with Gasteiger partial charge in [-0.15, -0.1) is 0 Å². The van der Waals surface area contributed by atoms with Crippen molar-refractivity contribution in [1.82, 2.24) is 19.6 Å². The Hall–Kier alpha value is -2.36. The van der Waals surface area contributed by atoms with Crippen molar-refractivity contribution in [2.24, 2.45) is 0 Å². The lowest BCUT2D eigenvalue weighted by atomic mass is 10.1. The average Bonchev–Trinajstić information content (AvgIpc) is 3.24. The van der Waals surface area contributed by atoms with Crippen LogP contribution in [0.2, 0.25) is 0 Å². The zero-order valence-corrected chi connectivity index (χ0v) is 19.3. The SMILES string of the molecule is O=C(NCCN1CCN(c2nc(Cc3ccc(F)cc3)ns2)CC1)c1ccccc1Br. The number of piperazine rings is 1. The number of benzene rings is 2. The van der Waals surface area contributed by atoms with Crippen LogP contribution < -0.4 is 10.2 Å².